The van der Waals surface area contributed by atoms with Crippen LogP contribution in [0.25, 0.3) is 0 Å². The first-order valence-corrected chi connectivity index (χ1v) is 20.0. The van der Waals surface area contributed by atoms with Crippen molar-refractivity contribution < 1.29 is 14.4 Å². The summed E-state index contributed by atoms with van der Waals surface area (Å²) in [7, 11) is 4.31. The topological polar surface area (TPSA) is 37.3 Å². The molecule has 1 unspecified atom stereocenters. The smallest absolute Gasteiger partial charge is 0.215 e. The quantitative estimate of drug-likeness (QED) is 0.0567. The van der Waals surface area contributed by atoms with Crippen LogP contribution in [0.2, 0.25) is 0 Å². The second kappa shape index (κ2) is 33.0. The standard InChI is InChI=1S/C40H82NO2/c1-5-7-9-11-13-15-17-19-21-23-25-27-29-31-33-35-37-41(3,4)38-40(43)39(42)36-34-32-30-28-26-24-22-20-18-16-14-12-10-8-6-2/h39,42H,5-38H2,1-4H3/q+1. The van der Waals surface area contributed by atoms with Gasteiger partial charge in [0.2, 0.25) is 5.78 Å². The number of unbranched alkanes of at least 4 members (excludes halogenated alkanes) is 29. The van der Waals surface area contributed by atoms with Crippen LogP contribution in [0.5, 0.6) is 0 Å². The molecule has 0 radical (unpaired) electrons. The molecule has 0 spiro atoms. The molecule has 258 valence electrons. The summed E-state index contributed by atoms with van der Waals surface area (Å²) in [5, 5.41) is 10.4. The Morgan fingerprint density at radius 1 is 0.442 bits per heavy atom. The van der Waals surface area contributed by atoms with Crippen LogP contribution in [-0.2, 0) is 4.79 Å². The molecule has 0 aliphatic heterocycles. The molecule has 0 aliphatic carbocycles. The van der Waals surface area contributed by atoms with E-state index in [1.165, 1.54) is 186 Å². The van der Waals surface area contributed by atoms with Crippen LogP contribution < -0.4 is 0 Å². The van der Waals surface area contributed by atoms with Crippen molar-refractivity contribution in [2.75, 3.05) is 27.2 Å². The van der Waals surface area contributed by atoms with Crippen LogP contribution in [0.15, 0.2) is 0 Å². The van der Waals surface area contributed by atoms with Gasteiger partial charge >= 0.3 is 0 Å². The van der Waals surface area contributed by atoms with Crippen molar-refractivity contribution in [1.82, 2.24) is 0 Å². The number of likely N-dealkylation sites (N-methyl/N-ethyl adjacent to an activating group) is 1. The minimum atomic E-state index is -0.759. The van der Waals surface area contributed by atoms with Gasteiger partial charge in [-0.25, -0.2) is 0 Å². The molecule has 0 aromatic rings. The summed E-state index contributed by atoms with van der Waals surface area (Å²) >= 11 is 0. The third kappa shape index (κ3) is 32.8. The number of hydrogen-bond acceptors (Lipinski definition) is 2. The molecule has 0 aromatic heterocycles. The minimum Gasteiger partial charge on any atom is -0.385 e. The summed E-state index contributed by atoms with van der Waals surface area (Å²) in [5.41, 5.74) is 0. The first kappa shape index (κ1) is 42.6. The van der Waals surface area contributed by atoms with Crippen molar-refractivity contribution in [2.45, 2.75) is 225 Å². The SMILES string of the molecule is CCCCCCCCCCCCCCCCCC[N+](C)(C)CC(=O)C(O)CCCCCCCCCCCCCCCCC. The maximum Gasteiger partial charge on any atom is 0.215 e. The van der Waals surface area contributed by atoms with Gasteiger partial charge in [0, 0.05) is 0 Å². The molecule has 0 rings (SSSR count). The van der Waals surface area contributed by atoms with Crippen LogP contribution >= 0.6 is 0 Å². The molecule has 43 heavy (non-hydrogen) atoms. The summed E-state index contributed by atoms with van der Waals surface area (Å²) in [6.07, 6.45) is 42.3. The number of rotatable bonds is 36. The van der Waals surface area contributed by atoms with Gasteiger partial charge in [0.25, 0.3) is 0 Å². The molecule has 0 aliphatic rings. The number of carbonyl (C=O) groups excluding carboxylic acids is 1. The Hall–Kier alpha value is -0.410. The van der Waals surface area contributed by atoms with Gasteiger partial charge in [-0.3, -0.25) is 4.79 Å². The minimum absolute atomic E-state index is 0.0480. The fourth-order valence-corrected chi connectivity index (χ4v) is 6.56. The Morgan fingerprint density at radius 2 is 0.698 bits per heavy atom. The fraction of sp³-hybridized carbons (Fsp3) is 0.975. The highest BCUT2D eigenvalue weighted by Gasteiger charge is 2.24. The third-order valence-corrected chi connectivity index (χ3v) is 9.65. The van der Waals surface area contributed by atoms with E-state index in [2.05, 4.69) is 27.9 Å². The lowest BCUT2D eigenvalue weighted by molar-refractivity contribution is -0.882. The summed E-state index contributed by atoms with van der Waals surface area (Å²) in [6.45, 7) is 6.09. The van der Waals surface area contributed by atoms with Gasteiger partial charge in [0.05, 0.1) is 20.6 Å². The third-order valence-electron chi connectivity index (χ3n) is 9.65. The molecule has 0 saturated heterocycles. The number of aliphatic hydroxyl groups excluding tert-OH is 1. The lowest BCUT2D eigenvalue weighted by Crippen LogP contribution is -2.47. The van der Waals surface area contributed by atoms with Crippen LogP contribution in [-0.4, -0.2) is 48.7 Å². The number of Topliss-reactive ketones (excluding diaryl/α,β-unsaturated/α-hetero) is 1. The number of hydrogen-bond donors (Lipinski definition) is 1. The largest absolute Gasteiger partial charge is 0.385 e. The number of carbonyl (C=O) groups is 1. The van der Waals surface area contributed by atoms with Crippen molar-refractivity contribution >= 4 is 5.78 Å². The van der Waals surface area contributed by atoms with Gasteiger partial charge in [-0.15, -0.1) is 0 Å². The number of nitrogens with zero attached hydrogens (tertiary/aromatic N) is 1. The first-order chi connectivity index (χ1) is 20.9. The molecule has 0 aromatic carbocycles. The highest BCUT2D eigenvalue weighted by atomic mass is 16.3. The van der Waals surface area contributed by atoms with Crippen LogP contribution in [0.1, 0.15) is 219 Å². The molecule has 0 heterocycles. The zero-order valence-electron chi connectivity index (χ0n) is 30.4. The van der Waals surface area contributed by atoms with Crippen molar-refractivity contribution in [3.8, 4) is 0 Å². The van der Waals surface area contributed by atoms with Gasteiger partial charge in [-0.2, -0.15) is 0 Å². The van der Waals surface area contributed by atoms with Gasteiger partial charge < -0.3 is 9.59 Å². The number of quaternary nitrogens is 1. The normalized spacial score (nSPS) is 12.7. The van der Waals surface area contributed by atoms with E-state index in [4.69, 9.17) is 0 Å². The second-order valence-corrected chi connectivity index (χ2v) is 14.8. The van der Waals surface area contributed by atoms with E-state index < -0.39 is 6.10 Å². The Kier molecular flexibility index (Phi) is 32.7. The van der Waals surface area contributed by atoms with Crippen LogP contribution in [0.3, 0.4) is 0 Å². The Labute approximate surface area is 272 Å². The molecular formula is C40H82NO2+. The van der Waals surface area contributed by atoms with Crippen molar-refractivity contribution in [3.05, 3.63) is 0 Å². The van der Waals surface area contributed by atoms with E-state index in [0.29, 0.717) is 17.4 Å². The van der Waals surface area contributed by atoms with E-state index in [1.54, 1.807) is 0 Å². The van der Waals surface area contributed by atoms with Crippen LogP contribution in [0.4, 0.5) is 0 Å². The Bertz CT molecular complexity index is 561. The molecule has 3 heteroatoms. The fourth-order valence-electron chi connectivity index (χ4n) is 6.56. The zero-order valence-corrected chi connectivity index (χ0v) is 30.4. The highest BCUT2D eigenvalue weighted by Crippen LogP contribution is 2.16. The summed E-state index contributed by atoms with van der Waals surface area (Å²) < 4.78 is 0.716. The predicted molar refractivity (Wildman–Crippen MR) is 192 cm³/mol. The number of ketones is 1. The summed E-state index contributed by atoms with van der Waals surface area (Å²) in [6, 6.07) is 0. The molecule has 1 atom stereocenters. The Morgan fingerprint density at radius 3 is 1.00 bits per heavy atom. The summed E-state index contributed by atoms with van der Waals surface area (Å²) in [4.78, 5) is 12.6. The van der Waals surface area contributed by atoms with Gasteiger partial charge in [0.1, 0.15) is 12.6 Å². The lowest BCUT2D eigenvalue weighted by atomic mass is 10.0. The molecule has 0 amide bonds. The van der Waals surface area contributed by atoms with Gasteiger partial charge in [0.15, 0.2) is 0 Å². The van der Waals surface area contributed by atoms with E-state index in [9.17, 15) is 9.90 Å². The second-order valence-electron chi connectivity index (χ2n) is 14.8. The zero-order chi connectivity index (χ0) is 31.7. The van der Waals surface area contributed by atoms with E-state index in [0.717, 1.165) is 19.4 Å². The maximum absolute atomic E-state index is 12.6. The molecule has 0 bridgehead atoms. The lowest BCUT2D eigenvalue weighted by Gasteiger charge is -2.30. The first-order valence-electron chi connectivity index (χ1n) is 20.0. The maximum atomic E-state index is 12.6. The van der Waals surface area contributed by atoms with Crippen molar-refractivity contribution in [3.63, 3.8) is 0 Å². The van der Waals surface area contributed by atoms with Gasteiger partial charge in [-0.1, -0.05) is 200 Å². The molecular weight excluding hydrogens is 526 g/mol. The van der Waals surface area contributed by atoms with Crippen molar-refractivity contribution in [1.29, 1.82) is 0 Å². The average Bonchev–Trinajstić information content (AvgIpc) is 2.98. The Balaban J connectivity index is 3.52. The van der Waals surface area contributed by atoms with Crippen molar-refractivity contribution in [2.24, 2.45) is 0 Å². The van der Waals surface area contributed by atoms with E-state index in [1.807, 2.05) is 0 Å². The molecule has 1 N–H and O–H groups in total. The van der Waals surface area contributed by atoms with E-state index in [-0.39, 0.29) is 5.78 Å². The average molecular weight is 609 g/mol. The van der Waals surface area contributed by atoms with E-state index >= 15 is 0 Å². The van der Waals surface area contributed by atoms with Gasteiger partial charge in [-0.05, 0) is 19.3 Å². The summed E-state index contributed by atoms with van der Waals surface area (Å²) in [5.74, 6) is 0.0480. The monoisotopic (exact) mass is 609 g/mol. The molecule has 0 saturated carbocycles. The molecule has 0 fully saturated rings. The highest BCUT2D eigenvalue weighted by molar-refractivity contribution is 5.83. The van der Waals surface area contributed by atoms with Crippen LogP contribution in [0, 0.1) is 0 Å². The molecule has 3 nitrogen and oxygen atoms in total. The number of aliphatic hydroxyl groups is 1. The predicted octanol–water partition coefficient (Wildman–Crippen LogP) is 12.5.